The van der Waals surface area contributed by atoms with Crippen LogP contribution in [-0.4, -0.2) is 11.8 Å². The first-order chi connectivity index (χ1) is 11.5. The summed E-state index contributed by atoms with van der Waals surface area (Å²) < 4.78 is 0.829. The zero-order valence-electron chi connectivity index (χ0n) is 13.6. The summed E-state index contributed by atoms with van der Waals surface area (Å²) in [6, 6.07) is 13.3. The maximum atomic E-state index is 12.4. The maximum Gasteiger partial charge on any atom is 0.228 e. The number of carbonyl (C=O) groups excluding carboxylic acids is 2. The molecule has 0 heterocycles. The van der Waals surface area contributed by atoms with Gasteiger partial charge in [0.15, 0.2) is 0 Å². The number of rotatable bonds is 4. The van der Waals surface area contributed by atoms with Gasteiger partial charge in [-0.05, 0) is 65.5 Å². The minimum Gasteiger partial charge on any atom is -0.326 e. The molecule has 1 fully saturated rings. The molecule has 0 radical (unpaired) electrons. The van der Waals surface area contributed by atoms with E-state index in [9.17, 15) is 9.59 Å². The fourth-order valence-corrected chi connectivity index (χ4v) is 3.06. The van der Waals surface area contributed by atoms with Gasteiger partial charge in [-0.3, -0.25) is 9.59 Å². The summed E-state index contributed by atoms with van der Waals surface area (Å²) in [5.41, 5.74) is 3.73. The molecule has 2 unspecified atom stereocenters. The molecule has 24 heavy (non-hydrogen) atoms. The van der Waals surface area contributed by atoms with Gasteiger partial charge in [0.25, 0.3) is 0 Å². The Kier molecular flexibility index (Phi) is 4.71. The van der Waals surface area contributed by atoms with Crippen LogP contribution in [0.1, 0.15) is 17.5 Å². The third-order valence-electron chi connectivity index (χ3n) is 4.46. The molecule has 4 nitrogen and oxygen atoms in total. The van der Waals surface area contributed by atoms with E-state index in [1.807, 2.05) is 56.3 Å². The van der Waals surface area contributed by atoms with Gasteiger partial charge in [0.1, 0.15) is 0 Å². The van der Waals surface area contributed by atoms with E-state index in [1.54, 1.807) is 0 Å². The normalized spacial score (nSPS) is 18.8. The van der Waals surface area contributed by atoms with Crippen LogP contribution in [0.2, 0.25) is 0 Å². The summed E-state index contributed by atoms with van der Waals surface area (Å²) in [4.78, 5) is 24.7. The van der Waals surface area contributed by atoms with Crippen LogP contribution in [0.3, 0.4) is 0 Å². The average molecular weight is 387 g/mol. The van der Waals surface area contributed by atoms with Crippen LogP contribution in [-0.2, 0) is 9.59 Å². The Morgan fingerprint density at radius 1 is 0.917 bits per heavy atom. The highest BCUT2D eigenvalue weighted by Gasteiger charge is 2.48. The first kappa shape index (κ1) is 16.7. The van der Waals surface area contributed by atoms with Crippen molar-refractivity contribution in [3.05, 3.63) is 58.1 Å². The number of halogens is 1. The first-order valence-corrected chi connectivity index (χ1v) is 8.69. The lowest BCUT2D eigenvalue weighted by Crippen LogP contribution is -2.21. The number of benzene rings is 2. The Bertz CT molecular complexity index is 804. The van der Waals surface area contributed by atoms with Gasteiger partial charge < -0.3 is 10.6 Å². The van der Waals surface area contributed by atoms with Crippen LogP contribution < -0.4 is 10.6 Å². The molecule has 2 aromatic carbocycles. The molecule has 0 bridgehead atoms. The summed E-state index contributed by atoms with van der Waals surface area (Å²) in [6.07, 6.45) is 0.590. The number of nitrogens with one attached hydrogen (secondary N) is 2. The summed E-state index contributed by atoms with van der Waals surface area (Å²) in [6.45, 7) is 3.99. The SMILES string of the molecule is Cc1cccc(NC(=O)C2CC2C(=O)Nc2ccccc2Br)c1C. The Morgan fingerprint density at radius 3 is 2.17 bits per heavy atom. The molecule has 5 heteroatoms. The van der Waals surface area contributed by atoms with Crippen molar-refractivity contribution in [3.63, 3.8) is 0 Å². The maximum absolute atomic E-state index is 12.4. The molecule has 124 valence electrons. The van der Waals surface area contributed by atoms with Crippen LogP contribution in [0, 0.1) is 25.7 Å². The molecule has 2 amide bonds. The number of para-hydroxylation sites is 1. The van der Waals surface area contributed by atoms with E-state index in [0.717, 1.165) is 27.0 Å². The minimum absolute atomic E-state index is 0.0871. The Labute approximate surface area is 149 Å². The zero-order chi connectivity index (χ0) is 17.3. The van der Waals surface area contributed by atoms with Gasteiger partial charge in [0, 0.05) is 10.2 Å². The molecule has 1 aliphatic carbocycles. The number of carbonyl (C=O) groups is 2. The fourth-order valence-electron chi connectivity index (χ4n) is 2.67. The molecule has 0 spiro atoms. The van der Waals surface area contributed by atoms with Gasteiger partial charge in [-0.15, -0.1) is 0 Å². The zero-order valence-corrected chi connectivity index (χ0v) is 15.2. The van der Waals surface area contributed by atoms with Crippen molar-refractivity contribution in [1.82, 2.24) is 0 Å². The molecular formula is C19H19BrN2O2. The largest absolute Gasteiger partial charge is 0.326 e. The summed E-state index contributed by atoms with van der Waals surface area (Å²) in [5.74, 6) is -0.714. The van der Waals surface area contributed by atoms with Gasteiger partial charge in [-0.2, -0.15) is 0 Å². The van der Waals surface area contributed by atoms with E-state index >= 15 is 0 Å². The quantitative estimate of drug-likeness (QED) is 0.823. The van der Waals surface area contributed by atoms with Crippen molar-refractivity contribution in [1.29, 1.82) is 0 Å². The highest BCUT2D eigenvalue weighted by Crippen LogP contribution is 2.40. The van der Waals surface area contributed by atoms with E-state index < -0.39 is 0 Å². The molecule has 0 aliphatic heterocycles. The van der Waals surface area contributed by atoms with Crippen LogP contribution in [0.15, 0.2) is 46.9 Å². The van der Waals surface area contributed by atoms with Crippen LogP contribution in [0.4, 0.5) is 11.4 Å². The third kappa shape index (κ3) is 3.51. The second kappa shape index (κ2) is 6.77. The van der Waals surface area contributed by atoms with E-state index in [4.69, 9.17) is 0 Å². The fraction of sp³-hybridized carbons (Fsp3) is 0.263. The summed E-state index contributed by atoms with van der Waals surface area (Å²) in [5, 5.41) is 5.82. The monoisotopic (exact) mass is 386 g/mol. The number of anilines is 2. The van der Waals surface area contributed by atoms with Crippen molar-refractivity contribution in [2.24, 2.45) is 11.8 Å². The lowest BCUT2D eigenvalue weighted by atomic mass is 10.1. The van der Waals surface area contributed by atoms with Gasteiger partial charge >= 0.3 is 0 Å². The molecule has 2 N–H and O–H groups in total. The van der Waals surface area contributed by atoms with Gasteiger partial charge in [-0.1, -0.05) is 24.3 Å². The van der Waals surface area contributed by atoms with Crippen molar-refractivity contribution in [2.45, 2.75) is 20.3 Å². The second-order valence-corrected chi connectivity index (χ2v) is 7.01. The minimum atomic E-state index is -0.262. The molecule has 0 aromatic heterocycles. The predicted octanol–water partition coefficient (Wildman–Crippen LogP) is 4.28. The molecule has 1 aliphatic rings. The molecule has 2 aromatic rings. The number of hydrogen-bond donors (Lipinski definition) is 2. The van der Waals surface area contributed by atoms with E-state index in [2.05, 4.69) is 26.6 Å². The Morgan fingerprint density at radius 2 is 1.50 bits per heavy atom. The van der Waals surface area contributed by atoms with Crippen LogP contribution in [0.25, 0.3) is 0 Å². The Hall–Kier alpha value is -2.14. The molecule has 1 saturated carbocycles. The van der Waals surface area contributed by atoms with Crippen molar-refractivity contribution in [3.8, 4) is 0 Å². The van der Waals surface area contributed by atoms with E-state index in [1.165, 1.54) is 0 Å². The van der Waals surface area contributed by atoms with Gasteiger partial charge in [0.05, 0.1) is 17.5 Å². The van der Waals surface area contributed by atoms with Crippen molar-refractivity contribution in [2.75, 3.05) is 10.6 Å². The Balaban J connectivity index is 1.60. The number of aryl methyl sites for hydroxylation is 1. The second-order valence-electron chi connectivity index (χ2n) is 6.15. The van der Waals surface area contributed by atoms with Crippen LogP contribution >= 0.6 is 15.9 Å². The van der Waals surface area contributed by atoms with Gasteiger partial charge in [0.2, 0.25) is 11.8 Å². The predicted molar refractivity (Wildman–Crippen MR) is 98.9 cm³/mol. The summed E-state index contributed by atoms with van der Waals surface area (Å²) in [7, 11) is 0. The smallest absolute Gasteiger partial charge is 0.228 e. The molecule has 3 rings (SSSR count). The highest BCUT2D eigenvalue weighted by atomic mass is 79.9. The molecule has 2 atom stereocenters. The van der Waals surface area contributed by atoms with Gasteiger partial charge in [-0.25, -0.2) is 0 Å². The highest BCUT2D eigenvalue weighted by molar-refractivity contribution is 9.10. The summed E-state index contributed by atoms with van der Waals surface area (Å²) >= 11 is 3.40. The van der Waals surface area contributed by atoms with E-state index in [0.29, 0.717) is 6.42 Å². The number of hydrogen-bond acceptors (Lipinski definition) is 2. The van der Waals surface area contributed by atoms with Crippen molar-refractivity contribution < 1.29 is 9.59 Å². The molecular weight excluding hydrogens is 368 g/mol. The van der Waals surface area contributed by atoms with Crippen LogP contribution in [0.5, 0.6) is 0 Å². The topological polar surface area (TPSA) is 58.2 Å². The number of amides is 2. The van der Waals surface area contributed by atoms with Crippen molar-refractivity contribution >= 4 is 39.1 Å². The van der Waals surface area contributed by atoms with E-state index in [-0.39, 0.29) is 23.7 Å². The lowest BCUT2D eigenvalue weighted by Gasteiger charge is -2.10. The molecule has 0 saturated heterocycles. The first-order valence-electron chi connectivity index (χ1n) is 7.90. The standard InChI is InChI=1S/C19H19BrN2O2/c1-11-6-5-9-16(12(11)2)21-18(23)13-10-14(13)19(24)22-17-8-4-3-7-15(17)20/h3-9,13-14H,10H2,1-2H3,(H,21,23)(H,22,24). The third-order valence-corrected chi connectivity index (χ3v) is 5.15. The lowest BCUT2D eigenvalue weighted by molar-refractivity contribution is -0.122. The average Bonchev–Trinajstić information content (AvgIpc) is 3.35.